The molecule has 6 unspecified atom stereocenters. The Labute approximate surface area is 316 Å². The van der Waals surface area contributed by atoms with Crippen LogP contribution in [0.15, 0.2) is 78.4 Å². The minimum Gasteiger partial charge on any atom is -0.508 e. The molecule has 4 aliphatic rings. The summed E-state index contributed by atoms with van der Waals surface area (Å²) in [7, 11) is 2.79. The van der Waals surface area contributed by atoms with Gasteiger partial charge in [0.2, 0.25) is 23.6 Å². The lowest BCUT2D eigenvalue weighted by Crippen LogP contribution is -2.49. The van der Waals surface area contributed by atoms with Crippen molar-refractivity contribution in [1.29, 1.82) is 0 Å². The van der Waals surface area contributed by atoms with E-state index in [4.69, 9.17) is 11.6 Å². The third kappa shape index (κ3) is 4.98. The van der Waals surface area contributed by atoms with E-state index < -0.39 is 85.7 Å². The van der Waals surface area contributed by atoms with E-state index in [1.165, 1.54) is 37.2 Å². The molecule has 280 valence electrons. The van der Waals surface area contributed by atoms with Gasteiger partial charge < -0.3 is 10.0 Å². The Morgan fingerprint density at radius 1 is 0.873 bits per heavy atom. The summed E-state index contributed by atoms with van der Waals surface area (Å²) in [6.45, 7) is 1.64. The number of carbonyl (C=O) groups excluding carboxylic acids is 4. The standard InChI is InChI=1S/C39H31ClFN5O9/c1-39-25(36(49)44(38(39)51)19-9-12-27(41)26(40)14-19)17-24-22(33(39)32-21-7-5-4-6-18(21)8-13-30(32)47)10-11-23-31(24)37(50)43(35(23)48)20-15-28(45(52)53)34(42(2)3)29(16-20)46(54)55/h4-10,12-16,23-25,31,33,47H,11,17H2,1-3H3. The highest BCUT2D eigenvalue weighted by molar-refractivity contribution is 6.32. The number of benzene rings is 4. The molecule has 0 aromatic heterocycles. The number of aromatic hydroxyl groups is 1. The number of imide groups is 2. The van der Waals surface area contributed by atoms with Crippen molar-refractivity contribution >= 4 is 74.4 Å². The second-order valence-corrected chi connectivity index (χ2v) is 15.1. The molecule has 55 heavy (non-hydrogen) atoms. The minimum atomic E-state index is -1.55. The number of rotatable bonds is 6. The van der Waals surface area contributed by atoms with Gasteiger partial charge in [-0.2, -0.15) is 0 Å². The predicted molar refractivity (Wildman–Crippen MR) is 198 cm³/mol. The monoisotopic (exact) mass is 767 g/mol. The normalized spacial score (nSPS) is 25.8. The largest absolute Gasteiger partial charge is 0.508 e. The predicted octanol–water partition coefficient (Wildman–Crippen LogP) is 6.66. The maximum Gasteiger partial charge on any atom is 0.301 e. The van der Waals surface area contributed by atoms with E-state index in [0.717, 1.165) is 33.4 Å². The average molecular weight is 768 g/mol. The van der Waals surface area contributed by atoms with Crippen LogP contribution in [0.25, 0.3) is 10.8 Å². The first kappa shape index (κ1) is 35.8. The molecule has 8 rings (SSSR count). The second-order valence-electron chi connectivity index (χ2n) is 14.7. The Morgan fingerprint density at radius 3 is 2.18 bits per heavy atom. The molecule has 0 radical (unpaired) electrons. The Bertz CT molecular complexity index is 2450. The molecular weight excluding hydrogens is 737 g/mol. The lowest BCUT2D eigenvalue weighted by atomic mass is 9.51. The lowest BCUT2D eigenvalue weighted by Gasteiger charge is -2.49. The molecule has 4 amide bonds. The zero-order chi connectivity index (χ0) is 39.4. The summed E-state index contributed by atoms with van der Waals surface area (Å²) in [5, 5.41) is 37.0. The summed E-state index contributed by atoms with van der Waals surface area (Å²) >= 11 is 6.10. The second kappa shape index (κ2) is 12.4. The van der Waals surface area contributed by atoms with Gasteiger partial charge in [-0.05, 0) is 60.7 Å². The van der Waals surface area contributed by atoms with Gasteiger partial charge in [0.05, 0.1) is 49.4 Å². The number of allylic oxidation sites excluding steroid dienone is 2. The third-order valence-electron chi connectivity index (χ3n) is 11.8. The molecule has 0 bridgehead atoms. The van der Waals surface area contributed by atoms with Crippen LogP contribution in [0.1, 0.15) is 31.2 Å². The fourth-order valence-corrected chi connectivity index (χ4v) is 9.67. The Kier molecular flexibility index (Phi) is 8.08. The van der Waals surface area contributed by atoms with Gasteiger partial charge in [0.25, 0.3) is 0 Å². The Morgan fingerprint density at radius 2 is 1.55 bits per heavy atom. The zero-order valence-corrected chi connectivity index (χ0v) is 30.2. The molecule has 3 fully saturated rings. The Hall–Kier alpha value is -6.22. The number of carbonyl (C=O) groups is 4. The van der Waals surface area contributed by atoms with Crippen LogP contribution in [-0.4, -0.2) is 52.7 Å². The first-order valence-electron chi connectivity index (χ1n) is 17.3. The molecule has 2 heterocycles. The molecular formula is C39H31ClFN5O9. The van der Waals surface area contributed by atoms with Crippen LogP contribution in [0.2, 0.25) is 5.02 Å². The Balaban J connectivity index is 1.30. The van der Waals surface area contributed by atoms with Crippen molar-refractivity contribution in [1.82, 2.24) is 0 Å². The van der Waals surface area contributed by atoms with Gasteiger partial charge in [-0.3, -0.25) is 39.4 Å². The van der Waals surface area contributed by atoms with E-state index in [1.807, 2.05) is 12.1 Å². The fourth-order valence-electron chi connectivity index (χ4n) is 9.49. The number of fused-ring (bicyclic) bond motifs is 5. The van der Waals surface area contributed by atoms with Crippen molar-refractivity contribution in [3.63, 3.8) is 0 Å². The molecule has 1 N–H and O–H groups in total. The van der Waals surface area contributed by atoms with Crippen molar-refractivity contribution in [3.8, 4) is 5.75 Å². The van der Waals surface area contributed by atoms with Gasteiger partial charge in [-0.1, -0.05) is 53.6 Å². The summed E-state index contributed by atoms with van der Waals surface area (Å²) in [4.78, 5) is 83.8. The number of halogens is 2. The summed E-state index contributed by atoms with van der Waals surface area (Å²) in [6.07, 6.45) is 1.69. The molecule has 0 spiro atoms. The SMILES string of the molecule is CN(C)c1c([N+](=O)[O-])cc(N2C(=O)C3CC=C4C(CC5C(=O)N(c6ccc(F)c(Cl)c6)C(=O)C5(C)C4c4c(O)ccc5ccccc45)C3C2=O)cc1[N+](=O)[O-]. The third-order valence-corrected chi connectivity index (χ3v) is 12.1. The fraction of sp³-hybridized carbons (Fsp3) is 0.282. The van der Waals surface area contributed by atoms with Gasteiger partial charge in [0.15, 0.2) is 5.69 Å². The van der Waals surface area contributed by atoms with Crippen LogP contribution >= 0.6 is 11.6 Å². The molecule has 16 heteroatoms. The van der Waals surface area contributed by atoms with E-state index in [1.54, 1.807) is 31.2 Å². The van der Waals surface area contributed by atoms with Crippen LogP contribution in [0, 0.1) is 55.1 Å². The number of phenolic OH excluding ortho intramolecular Hbond substituents is 1. The molecule has 1 saturated carbocycles. The number of hydrogen-bond donors (Lipinski definition) is 1. The van der Waals surface area contributed by atoms with Crippen molar-refractivity contribution in [2.45, 2.75) is 25.7 Å². The van der Waals surface area contributed by atoms with Gasteiger partial charge >= 0.3 is 11.4 Å². The van der Waals surface area contributed by atoms with Crippen LogP contribution in [-0.2, 0) is 19.2 Å². The quantitative estimate of drug-likeness (QED) is 0.0964. The minimum absolute atomic E-state index is 0.000261. The number of amides is 4. The molecule has 6 atom stereocenters. The summed E-state index contributed by atoms with van der Waals surface area (Å²) in [5.41, 5.74) is -2.64. The lowest BCUT2D eigenvalue weighted by molar-refractivity contribution is -0.392. The molecule has 4 aromatic rings. The smallest absolute Gasteiger partial charge is 0.301 e. The zero-order valence-electron chi connectivity index (χ0n) is 29.4. The number of phenols is 1. The van der Waals surface area contributed by atoms with Crippen molar-refractivity contribution in [2.75, 3.05) is 28.8 Å². The average Bonchev–Trinajstić information content (AvgIpc) is 3.51. The number of nitro benzene ring substituents is 2. The van der Waals surface area contributed by atoms with Gasteiger partial charge in [0, 0.05) is 37.7 Å². The van der Waals surface area contributed by atoms with Crippen LogP contribution in [0.3, 0.4) is 0 Å². The summed E-state index contributed by atoms with van der Waals surface area (Å²) in [6, 6.07) is 15.8. The van der Waals surface area contributed by atoms with E-state index >= 15 is 0 Å². The van der Waals surface area contributed by atoms with E-state index in [-0.39, 0.29) is 40.7 Å². The maximum absolute atomic E-state index is 14.8. The van der Waals surface area contributed by atoms with Crippen molar-refractivity contribution in [3.05, 3.63) is 115 Å². The molecule has 2 aliphatic heterocycles. The number of nitrogens with zero attached hydrogens (tertiary/aromatic N) is 5. The van der Waals surface area contributed by atoms with Crippen molar-refractivity contribution < 1.29 is 38.5 Å². The van der Waals surface area contributed by atoms with E-state index in [2.05, 4.69) is 0 Å². The van der Waals surface area contributed by atoms with E-state index in [0.29, 0.717) is 16.5 Å². The molecule has 2 saturated heterocycles. The molecule has 14 nitrogen and oxygen atoms in total. The number of nitro groups is 2. The van der Waals surface area contributed by atoms with Crippen LogP contribution < -0.4 is 14.7 Å². The highest BCUT2D eigenvalue weighted by Crippen LogP contribution is 2.65. The topological polar surface area (TPSA) is 185 Å². The summed E-state index contributed by atoms with van der Waals surface area (Å²) < 4.78 is 14.3. The first-order chi connectivity index (χ1) is 26.1. The number of hydrogen-bond acceptors (Lipinski definition) is 10. The van der Waals surface area contributed by atoms with Crippen LogP contribution in [0.4, 0.5) is 32.8 Å². The van der Waals surface area contributed by atoms with E-state index in [9.17, 15) is 48.9 Å². The highest BCUT2D eigenvalue weighted by Gasteiger charge is 2.68. The van der Waals surface area contributed by atoms with Gasteiger partial charge in [-0.15, -0.1) is 0 Å². The first-order valence-corrected chi connectivity index (χ1v) is 17.7. The maximum atomic E-state index is 14.8. The molecule has 4 aromatic carbocycles. The van der Waals surface area contributed by atoms with Crippen molar-refractivity contribution in [2.24, 2.45) is 29.1 Å². The highest BCUT2D eigenvalue weighted by atomic mass is 35.5. The van der Waals surface area contributed by atoms with Gasteiger partial charge in [-0.25, -0.2) is 14.2 Å². The van der Waals surface area contributed by atoms with Crippen LogP contribution in [0.5, 0.6) is 5.75 Å². The summed E-state index contributed by atoms with van der Waals surface area (Å²) in [5.74, 6) is -8.75. The molecule has 2 aliphatic carbocycles. The van der Waals surface area contributed by atoms with Gasteiger partial charge in [0.1, 0.15) is 11.6 Å². The number of anilines is 3.